The molecule has 0 aromatic heterocycles. The Hall–Kier alpha value is -0.630. The minimum atomic E-state index is -3.93. The van der Waals surface area contributed by atoms with Gasteiger partial charge in [-0.25, -0.2) is 13.6 Å². The molecular formula is C13H16BrClN2O3S. The van der Waals surface area contributed by atoms with Gasteiger partial charge in [0.1, 0.15) is 0 Å². The molecule has 116 valence electrons. The lowest BCUT2D eigenvalue weighted by atomic mass is 9.74. The summed E-state index contributed by atoms with van der Waals surface area (Å²) in [5.41, 5.74) is -0.0847. The van der Waals surface area contributed by atoms with Crippen LogP contribution in [0.25, 0.3) is 0 Å². The lowest BCUT2D eigenvalue weighted by Crippen LogP contribution is -2.53. The normalized spacial score (nSPS) is 17.1. The van der Waals surface area contributed by atoms with Gasteiger partial charge in [-0.3, -0.25) is 4.79 Å². The average Bonchev–Trinajstić information content (AvgIpc) is 2.31. The maximum Gasteiger partial charge on any atom is 0.253 e. The van der Waals surface area contributed by atoms with Crippen LogP contribution in [-0.4, -0.2) is 19.9 Å². The molecule has 21 heavy (non-hydrogen) atoms. The molecule has 2 rings (SSSR count). The number of hydrogen-bond acceptors (Lipinski definition) is 3. The van der Waals surface area contributed by atoms with Crippen LogP contribution in [0.2, 0.25) is 5.02 Å². The van der Waals surface area contributed by atoms with Gasteiger partial charge < -0.3 is 5.32 Å². The van der Waals surface area contributed by atoms with E-state index in [9.17, 15) is 13.2 Å². The van der Waals surface area contributed by atoms with Crippen molar-refractivity contribution in [3.05, 3.63) is 27.2 Å². The van der Waals surface area contributed by atoms with E-state index in [0.717, 1.165) is 25.7 Å². The SMILES string of the molecule is CCC1(NC(=O)c2cc(S(N)(=O)=O)c(Br)cc2Cl)CCC1. The molecule has 0 radical (unpaired) electrons. The summed E-state index contributed by atoms with van der Waals surface area (Å²) in [4.78, 5) is 12.2. The summed E-state index contributed by atoms with van der Waals surface area (Å²) in [5, 5.41) is 8.27. The van der Waals surface area contributed by atoms with Gasteiger partial charge in [0.05, 0.1) is 15.5 Å². The molecule has 1 aromatic rings. The zero-order chi connectivity index (χ0) is 15.8. The van der Waals surface area contributed by atoms with Gasteiger partial charge in [0.2, 0.25) is 10.0 Å². The van der Waals surface area contributed by atoms with Crippen LogP contribution < -0.4 is 10.5 Å². The first kappa shape index (κ1) is 16.7. The highest BCUT2D eigenvalue weighted by Crippen LogP contribution is 2.35. The molecule has 1 saturated carbocycles. The molecule has 5 nitrogen and oxygen atoms in total. The fourth-order valence-corrected chi connectivity index (χ4v) is 4.41. The van der Waals surface area contributed by atoms with Gasteiger partial charge in [0, 0.05) is 10.0 Å². The van der Waals surface area contributed by atoms with Gasteiger partial charge in [0.25, 0.3) is 5.91 Å². The Bertz CT molecular complexity index is 681. The number of halogens is 2. The predicted molar refractivity (Wildman–Crippen MR) is 84.9 cm³/mol. The Kier molecular flexibility index (Phi) is 4.68. The van der Waals surface area contributed by atoms with Crippen molar-refractivity contribution in [3.63, 3.8) is 0 Å². The summed E-state index contributed by atoms with van der Waals surface area (Å²) in [6.07, 6.45) is 3.75. The first-order valence-corrected chi connectivity index (χ1v) is 9.24. The van der Waals surface area contributed by atoms with Crippen molar-refractivity contribution in [2.24, 2.45) is 5.14 Å². The van der Waals surface area contributed by atoms with E-state index in [1.165, 1.54) is 12.1 Å². The Morgan fingerprint density at radius 1 is 1.48 bits per heavy atom. The number of carbonyl (C=O) groups is 1. The molecule has 0 spiro atoms. The van der Waals surface area contributed by atoms with Gasteiger partial charge in [-0.2, -0.15) is 0 Å². The number of sulfonamides is 1. The van der Waals surface area contributed by atoms with Crippen molar-refractivity contribution < 1.29 is 13.2 Å². The van der Waals surface area contributed by atoms with Crippen molar-refractivity contribution >= 4 is 43.5 Å². The molecule has 0 saturated heterocycles. The largest absolute Gasteiger partial charge is 0.347 e. The van der Waals surface area contributed by atoms with E-state index in [2.05, 4.69) is 21.2 Å². The number of nitrogens with one attached hydrogen (secondary N) is 1. The zero-order valence-electron chi connectivity index (χ0n) is 11.4. The highest BCUT2D eigenvalue weighted by Gasteiger charge is 2.37. The van der Waals surface area contributed by atoms with Crippen LogP contribution in [-0.2, 0) is 10.0 Å². The summed E-state index contributed by atoms with van der Waals surface area (Å²) in [6.45, 7) is 2.01. The van der Waals surface area contributed by atoms with Gasteiger partial charge >= 0.3 is 0 Å². The van der Waals surface area contributed by atoms with E-state index >= 15 is 0 Å². The fourth-order valence-electron chi connectivity index (χ4n) is 2.40. The predicted octanol–water partition coefficient (Wildman–Crippen LogP) is 2.81. The van der Waals surface area contributed by atoms with Crippen LogP contribution in [0.1, 0.15) is 43.0 Å². The third-order valence-corrected chi connectivity index (χ3v) is 6.12. The number of carbonyl (C=O) groups excluding carboxylic acids is 1. The van der Waals surface area contributed by atoms with Crippen molar-refractivity contribution in [1.29, 1.82) is 0 Å². The molecular weight excluding hydrogens is 380 g/mol. The minimum Gasteiger partial charge on any atom is -0.347 e. The van der Waals surface area contributed by atoms with Gasteiger partial charge in [-0.1, -0.05) is 18.5 Å². The van der Waals surface area contributed by atoms with E-state index in [1.807, 2.05) is 6.92 Å². The number of primary sulfonamides is 1. The van der Waals surface area contributed by atoms with Crippen molar-refractivity contribution in [1.82, 2.24) is 5.32 Å². The first-order valence-electron chi connectivity index (χ1n) is 6.53. The Morgan fingerprint density at radius 2 is 2.10 bits per heavy atom. The lowest BCUT2D eigenvalue weighted by molar-refractivity contribution is 0.0820. The van der Waals surface area contributed by atoms with Crippen LogP contribution in [0.15, 0.2) is 21.5 Å². The van der Waals surface area contributed by atoms with Crippen LogP contribution >= 0.6 is 27.5 Å². The first-order chi connectivity index (χ1) is 9.68. The Balaban J connectivity index is 2.37. The van der Waals surface area contributed by atoms with E-state index in [4.69, 9.17) is 16.7 Å². The molecule has 8 heteroatoms. The third kappa shape index (κ3) is 3.41. The quantitative estimate of drug-likeness (QED) is 0.821. The molecule has 1 fully saturated rings. The molecule has 0 bridgehead atoms. The molecule has 1 aromatic carbocycles. The summed E-state index contributed by atoms with van der Waals surface area (Å²) >= 11 is 9.14. The Morgan fingerprint density at radius 3 is 2.52 bits per heavy atom. The number of rotatable bonds is 4. The lowest BCUT2D eigenvalue weighted by Gasteiger charge is -2.42. The zero-order valence-corrected chi connectivity index (χ0v) is 14.6. The minimum absolute atomic E-state index is 0.114. The third-order valence-electron chi connectivity index (χ3n) is 3.94. The topological polar surface area (TPSA) is 89.3 Å². The monoisotopic (exact) mass is 394 g/mol. The second-order valence-electron chi connectivity index (χ2n) is 5.25. The maximum atomic E-state index is 12.4. The smallest absolute Gasteiger partial charge is 0.253 e. The molecule has 0 unspecified atom stereocenters. The van der Waals surface area contributed by atoms with E-state index < -0.39 is 10.0 Å². The summed E-state index contributed by atoms with van der Waals surface area (Å²) < 4.78 is 23.3. The van der Waals surface area contributed by atoms with Crippen molar-refractivity contribution in [2.45, 2.75) is 43.0 Å². The van der Waals surface area contributed by atoms with E-state index in [-0.39, 0.29) is 31.4 Å². The van der Waals surface area contributed by atoms with Gasteiger partial charge in [-0.05, 0) is 53.7 Å². The van der Waals surface area contributed by atoms with Crippen LogP contribution in [0.5, 0.6) is 0 Å². The van der Waals surface area contributed by atoms with Gasteiger partial charge in [0.15, 0.2) is 0 Å². The number of amides is 1. The highest BCUT2D eigenvalue weighted by molar-refractivity contribution is 9.10. The number of hydrogen-bond donors (Lipinski definition) is 2. The number of nitrogens with two attached hydrogens (primary N) is 1. The average molecular weight is 396 g/mol. The molecule has 1 amide bonds. The molecule has 1 aliphatic rings. The van der Waals surface area contributed by atoms with Crippen molar-refractivity contribution in [3.8, 4) is 0 Å². The highest BCUT2D eigenvalue weighted by atomic mass is 79.9. The fraction of sp³-hybridized carbons (Fsp3) is 0.462. The second-order valence-corrected chi connectivity index (χ2v) is 8.04. The standard InChI is InChI=1S/C13H16BrClN2O3S/c1-2-13(4-3-5-13)17-12(18)8-6-11(21(16,19)20)9(14)7-10(8)15/h6-7H,2-5H2,1H3,(H,17,18)(H2,16,19,20). The van der Waals surface area contributed by atoms with E-state index in [1.54, 1.807) is 0 Å². The molecule has 0 heterocycles. The number of benzene rings is 1. The van der Waals surface area contributed by atoms with Crippen molar-refractivity contribution in [2.75, 3.05) is 0 Å². The second kappa shape index (κ2) is 5.87. The molecule has 0 aliphatic heterocycles. The van der Waals surface area contributed by atoms with Crippen LogP contribution in [0.4, 0.5) is 0 Å². The molecule has 1 aliphatic carbocycles. The summed E-state index contributed by atoms with van der Waals surface area (Å²) in [5.74, 6) is -0.376. The Labute approximate surface area is 137 Å². The van der Waals surface area contributed by atoms with Crippen LogP contribution in [0, 0.1) is 0 Å². The molecule has 3 N–H and O–H groups in total. The summed E-state index contributed by atoms with van der Waals surface area (Å²) in [7, 11) is -3.93. The molecule has 0 atom stereocenters. The maximum absolute atomic E-state index is 12.4. The van der Waals surface area contributed by atoms with Gasteiger partial charge in [-0.15, -0.1) is 0 Å². The van der Waals surface area contributed by atoms with E-state index in [0.29, 0.717) is 0 Å². The summed E-state index contributed by atoms with van der Waals surface area (Å²) in [6, 6.07) is 2.58. The van der Waals surface area contributed by atoms with Crippen LogP contribution in [0.3, 0.4) is 0 Å².